The lowest BCUT2D eigenvalue weighted by atomic mass is 10.1. The molecule has 10 heteroatoms. The molecule has 2 N–H and O–H groups in total. The van der Waals surface area contributed by atoms with Gasteiger partial charge >= 0.3 is 6.03 Å². The van der Waals surface area contributed by atoms with Gasteiger partial charge in [-0.1, -0.05) is 29.5 Å². The first kappa shape index (κ1) is 21.6. The summed E-state index contributed by atoms with van der Waals surface area (Å²) in [6.45, 7) is 0.191. The van der Waals surface area contributed by atoms with E-state index < -0.39 is 18.0 Å². The zero-order chi connectivity index (χ0) is 22.7. The van der Waals surface area contributed by atoms with Crippen LogP contribution in [0.5, 0.6) is 11.5 Å². The summed E-state index contributed by atoms with van der Waals surface area (Å²) in [6, 6.07) is 11.6. The minimum absolute atomic E-state index is 0.159. The van der Waals surface area contributed by atoms with E-state index in [0.29, 0.717) is 23.1 Å². The molecular weight excluding hydrogens is 432 g/mol. The highest BCUT2D eigenvalue weighted by Crippen LogP contribution is 2.28. The van der Waals surface area contributed by atoms with Crippen molar-refractivity contribution in [3.8, 4) is 11.5 Å². The fourth-order valence-electron chi connectivity index (χ4n) is 3.49. The van der Waals surface area contributed by atoms with Gasteiger partial charge in [-0.05, 0) is 36.2 Å². The van der Waals surface area contributed by atoms with Crippen LogP contribution in [0.4, 0.5) is 9.93 Å². The van der Waals surface area contributed by atoms with Crippen LogP contribution in [0.15, 0.2) is 42.5 Å². The van der Waals surface area contributed by atoms with Gasteiger partial charge in [0.15, 0.2) is 16.6 Å². The Morgan fingerprint density at radius 1 is 1.16 bits per heavy atom. The maximum Gasteiger partial charge on any atom is 0.324 e. The number of amides is 4. The number of thiazole rings is 1. The SMILES string of the molecule is COc1ccc(CCN2C(=O)NC(CC(=O)Nc3nc4ccccc4s3)C2=O)cc1OC. The van der Waals surface area contributed by atoms with E-state index in [1.807, 2.05) is 30.3 Å². The molecule has 9 nitrogen and oxygen atoms in total. The van der Waals surface area contributed by atoms with Crippen LogP contribution in [0, 0.1) is 0 Å². The number of urea groups is 1. The summed E-state index contributed by atoms with van der Waals surface area (Å²) in [5, 5.41) is 5.76. The third-order valence-corrected chi connectivity index (χ3v) is 6.06. The van der Waals surface area contributed by atoms with Crippen LogP contribution in [-0.4, -0.2) is 54.5 Å². The molecule has 1 saturated heterocycles. The molecule has 4 amide bonds. The number of hydrogen-bond donors (Lipinski definition) is 2. The van der Waals surface area contributed by atoms with Crippen molar-refractivity contribution in [2.45, 2.75) is 18.9 Å². The van der Waals surface area contributed by atoms with Crippen LogP contribution in [0.1, 0.15) is 12.0 Å². The average Bonchev–Trinajstić information content (AvgIpc) is 3.31. The van der Waals surface area contributed by atoms with Crippen LogP contribution >= 0.6 is 11.3 Å². The molecule has 1 aromatic heterocycles. The number of ether oxygens (including phenoxy) is 2. The maximum atomic E-state index is 12.7. The molecular formula is C22H22N4O5S. The van der Waals surface area contributed by atoms with Crippen LogP contribution in [0.3, 0.4) is 0 Å². The molecule has 0 aliphatic carbocycles. The van der Waals surface area contributed by atoms with E-state index in [9.17, 15) is 14.4 Å². The molecule has 0 saturated carbocycles. The Morgan fingerprint density at radius 3 is 2.69 bits per heavy atom. The van der Waals surface area contributed by atoms with Gasteiger partial charge in [0.1, 0.15) is 6.04 Å². The molecule has 0 radical (unpaired) electrons. The lowest BCUT2D eigenvalue weighted by Gasteiger charge is -2.14. The number of hydrogen-bond acceptors (Lipinski definition) is 7. The van der Waals surface area contributed by atoms with E-state index >= 15 is 0 Å². The fourth-order valence-corrected chi connectivity index (χ4v) is 4.37. The minimum atomic E-state index is -0.901. The number of benzene rings is 2. The molecule has 2 aromatic carbocycles. The third kappa shape index (κ3) is 4.50. The maximum absolute atomic E-state index is 12.7. The van der Waals surface area contributed by atoms with Crippen molar-refractivity contribution < 1.29 is 23.9 Å². The highest BCUT2D eigenvalue weighted by molar-refractivity contribution is 7.22. The summed E-state index contributed by atoms with van der Waals surface area (Å²) in [6.07, 6.45) is 0.289. The van der Waals surface area contributed by atoms with Crippen molar-refractivity contribution in [1.29, 1.82) is 0 Å². The standard InChI is InChI=1S/C22H22N4O5S/c1-30-16-8-7-13(11-17(16)31-2)9-10-26-20(28)15(24-22(26)29)12-19(27)25-21-23-14-5-3-4-6-18(14)32-21/h3-8,11,15H,9-10,12H2,1-2H3,(H,24,29)(H,23,25,27). The highest BCUT2D eigenvalue weighted by Gasteiger charge is 2.38. The summed E-state index contributed by atoms with van der Waals surface area (Å²) in [7, 11) is 3.10. The Kier molecular flexibility index (Phi) is 6.22. The number of nitrogens with zero attached hydrogens (tertiary/aromatic N) is 2. The van der Waals surface area contributed by atoms with Crippen molar-refractivity contribution in [3.05, 3.63) is 48.0 Å². The van der Waals surface area contributed by atoms with Gasteiger partial charge in [-0.15, -0.1) is 0 Å². The van der Waals surface area contributed by atoms with E-state index in [0.717, 1.165) is 20.7 Å². The number of imide groups is 1. The van der Waals surface area contributed by atoms with Gasteiger partial charge in [0.25, 0.3) is 5.91 Å². The number of carbonyl (C=O) groups excluding carboxylic acids is 3. The zero-order valence-electron chi connectivity index (χ0n) is 17.6. The predicted molar refractivity (Wildman–Crippen MR) is 120 cm³/mol. The Hall–Kier alpha value is -3.66. The van der Waals surface area contributed by atoms with Gasteiger partial charge in [-0.3, -0.25) is 14.5 Å². The molecule has 4 rings (SSSR count). The van der Waals surface area contributed by atoms with Crippen LogP contribution in [-0.2, 0) is 16.0 Å². The minimum Gasteiger partial charge on any atom is -0.493 e. The lowest BCUT2D eigenvalue weighted by molar-refractivity contribution is -0.129. The summed E-state index contributed by atoms with van der Waals surface area (Å²) >= 11 is 1.35. The molecule has 2 heterocycles. The number of carbonyl (C=O) groups is 3. The molecule has 1 fully saturated rings. The van der Waals surface area contributed by atoms with E-state index in [1.54, 1.807) is 26.4 Å². The van der Waals surface area contributed by atoms with E-state index in [1.165, 1.54) is 11.3 Å². The molecule has 1 aliphatic heterocycles. The first-order valence-electron chi connectivity index (χ1n) is 9.96. The second-order valence-corrected chi connectivity index (χ2v) is 8.20. The van der Waals surface area contributed by atoms with Gasteiger partial charge in [0, 0.05) is 6.54 Å². The molecule has 0 spiro atoms. The Bertz CT molecular complexity index is 1150. The molecule has 1 aliphatic rings. The molecule has 1 atom stereocenters. The van der Waals surface area contributed by atoms with Gasteiger partial charge in [-0.25, -0.2) is 9.78 Å². The number of nitrogens with one attached hydrogen (secondary N) is 2. The van der Waals surface area contributed by atoms with Crippen molar-refractivity contribution in [3.63, 3.8) is 0 Å². The number of methoxy groups -OCH3 is 2. The van der Waals surface area contributed by atoms with Gasteiger partial charge in [0.2, 0.25) is 5.91 Å². The van der Waals surface area contributed by atoms with Crippen LogP contribution < -0.4 is 20.1 Å². The van der Waals surface area contributed by atoms with Gasteiger partial charge in [-0.2, -0.15) is 0 Å². The normalized spacial score (nSPS) is 15.7. The zero-order valence-corrected chi connectivity index (χ0v) is 18.4. The van der Waals surface area contributed by atoms with Crippen LogP contribution in [0.25, 0.3) is 10.2 Å². The Morgan fingerprint density at radius 2 is 1.94 bits per heavy atom. The Balaban J connectivity index is 1.34. The summed E-state index contributed by atoms with van der Waals surface area (Å²) < 4.78 is 11.5. The fraction of sp³-hybridized carbons (Fsp3) is 0.273. The average molecular weight is 455 g/mol. The van der Waals surface area contributed by atoms with Crippen molar-refractivity contribution in [2.24, 2.45) is 0 Å². The number of fused-ring (bicyclic) bond motifs is 1. The Labute approximate surface area is 188 Å². The van der Waals surface area contributed by atoms with E-state index in [-0.39, 0.29) is 18.9 Å². The van der Waals surface area contributed by atoms with Gasteiger partial charge < -0.3 is 20.1 Å². The monoisotopic (exact) mass is 454 g/mol. The predicted octanol–water partition coefficient (Wildman–Crippen LogP) is 2.81. The molecule has 1 unspecified atom stereocenters. The highest BCUT2D eigenvalue weighted by atomic mass is 32.1. The van der Waals surface area contributed by atoms with Crippen molar-refractivity contribution in [2.75, 3.05) is 26.1 Å². The molecule has 3 aromatic rings. The van der Waals surface area contributed by atoms with Crippen molar-refractivity contribution in [1.82, 2.24) is 15.2 Å². The number of aromatic nitrogens is 1. The topological polar surface area (TPSA) is 110 Å². The first-order chi connectivity index (χ1) is 15.5. The summed E-state index contributed by atoms with van der Waals surface area (Å²) in [5.74, 6) is 0.372. The smallest absolute Gasteiger partial charge is 0.324 e. The number of rotatable bonds is 8. The first-order valence-corrected chi connectivity index (χ1v) is 10.8. The molecule has 166 valence electrons. The molecule has 32 heavy (non-hydrogen) atoms. The molecule has 0 bridgehead atoms. The lowest BCUT2D eigenvalue weighted by Crippen LogP contribution is -2.34. The van der Waals surface area contributed by atoms with E-state index in [2.05, 4.69) is 15.6 Å². The second-order valence-electron chi connectivity index (χ2n) is 7.17. The summed E-state index contributed by atoms with van der Waals surface area (Å²) in [4.78, 5) is 42.9. The van der Waals surface area contributed by atoms with E-state index in [4.69, 9.17) is 9.47 Å². The summed E-state index contributed by atoms with van der Waals surface area (Å²) in [5.41, 5.74) is 1.68. The van der Waals surface area contributed by atoms with Crippen molar-refractivity contribution >= 4 is 44.5 Å². The second kappa shape index (κ2) is 9.23. The number of para-hydroxylation sites is 1. The number of anilines is 1. The van der Waals surface area contributed by atoms with Crippen LogP contribution in [0.2, 0.25) is 0 Å². The largest absolute Gasteiger partial charge is 0.493 e. The quantitative estimate of drug-likeness (QED) is 0.507. The van der Waals surface area contributed by atoms with Gasteiger partial charge in [0.05, 0.1) is 30.9 Å². The third-order valence-electron chi connectivity index (χ3n) is 5.11.